The van der Waals surface area contributed by atoms with E-state index in [-0.39, 0.29) is 10.9 Å². The van der Waals surface area contributed by atoms with Gasteiger partial charge in [-0.25, -0.2) is 8.42 Å². The van der Waals surface area contributed by atoms with Crippen LogP contribution in [0.3, 0.4) is 0 Å². The Bertz CT molecular complexity index is 1310. The van der Waals surface area contributed by atoms with E-state index in [0.29, 0.717) is 35.1 Å². The minimum absolute atomic E-state index is 0.0740. The van der Waals surface area contributed by atoms with Crippen LogP contribution in [0.15, 0.2) is 52.4 Å². The summed E-state index contributed by atoms with van der Waals surface area (Å²) >= 11 is 7.50. The number of aromatic nitrogens is 1. The minimum atomic E-state index is -3.56. The highest BCUT2D eigenvalue weighted by molar-refractivity contribution is 7.89. The van der Waals surface area contributed by atoms with Crippen LogP contribution in [0.5, 0.6) is 0 Å². The van der Waals surface area contributed by atoms with Crippen molar-refractivity contribution >= 4 is 49.1 Å². The van der Waals surface area contributed by atoms with Gasteiger partial charge < -0.3 is 9.30 Å². The zero-order valence-electron chi connectivity index (χ0n) is 17.8. The van der Waals surface area contributed by atoms with Crippen molar-refractivity contribution in [2.24, 2.45) is 4.99 Å². The number of benzene rings is 2. The molecule has 7 nitrogen and oxygen atoms in total. The number of thiazole rings is 1. The normalized spacial score (nSPS) is 15.1. The van der Waals surface area contributed by atoms with Crippen LogP contribution in [-0.4, -0.2) is 49.5 Å². The van der Waals surface area contributed by atoms with Crippen molar-refractivity contribution in [3.63, 3.8) is 0 Å². The summed E-state index contributed by atoms with van der Waals surface area (Å²) in [5, 5.41) is 0.613. The molecule has 0 spiro atoms. The summed E-state index contributed by atoms with van der Waals surface area (Å²) in [5.41, 5.74) is 1.25. The van der Waals surface area contributed by atoms with Gasteiger partial charge in [-0.05, 0) is 62.2 Å². The van der Waals surface area contributed by atoms with E-state index in [1.165, 1.54) is 39.9 Å². The number of hydrogen-bond acceptors (Lipinski definition) is 5. The van der Waals surface area contributed by atoms with E-state index >= 15 is 0 Å². The number of ether oxygens (including phenoxy) is 1. The predicted molar refractivity (Wildman–Crippen MR) is 126 cm³/mol. The van der Waals surface area contributed by atoms with E-state index < -0.39 is 15.9 Å². The number of rotatable bonds is 8. The zero-order chi connectivity index (χ0) is 22.9. The van der Waals surface area contributed by atoms with Gasteiger partial charge in [0.25, 0.3) is 5.91 Å². The van der Waals surface area contributed by atoms with Crippen molar-refractivity contribution in [2.45, 2.75) is 37.2 Å². The van der Waals surface area contributed by atoms with Crippen molar-refractivity contribution in [2.75, 3.05) is 20.3 Å². The maximum atomic E-state index is 12.9. The predicted octanol–water partition coefficient (Wildman–Crippen LogP) is 3.92. The van der Waals surface area contributed by atoms with E-state index in [1.54, 1.807) is 13.1 Å². The molecule has 1 amide bonds. The zero-order valence-corrected chi connectivity index (χ0v) is 20.2. The fraction of sp³-hybridized carbons (Fsp3) is 0.364. The summed E-state index contributed by atoms with van der Waals surface area (Å²) in [4.78, 5) is 17.9. The van der Waals surface area contributed by atoms with Crippen LogP contribution in [0, 0.1) is 0 Å². The lowest BCUT2D eigenvalue weighted by Gasteiger charge is -2.16. The molecule has 1 saturated carbocycles. The Labute approximate surface area is 196 Å². The third-order valence-electron chi connectivity index (χ3n) is 5.34. The molecule has 0 unspecified atom stereocenters. The molecular formula is C22H24ClN3O4S2. The van der Waals surface area contributed by atoms with Crippen molar-refractivity contribution < 1.29 is 17.9 Å². The molecule has 1 aromatic heterocycles. The molecule has 1 heterocycles. The van der Waals surface area contributed by atoms with Gasteiger partial charge in [0, 0.05) is 36.8 Å². The molecule has 170 valence electrons. The first-order chi connectivity index (χ1) is 15.3. The van der Waals surface area contributed by atoms with E-state index in [4.69, 9.17) is 16.3 Å². The van der Waals surface area contributed by atoms with Crippen LogP contribution in [-0.2, 0) is 21.3 Å². The third-order valence-corrected chi connectivity index (χ3v) is 8.55. The summed E-state index contributed by atoms with van der Waals surface area (Å²) in [7, 11) is -1.96. The number of sulfonamides is 1. The number of amides is 1. The number of carbonyl (C=O) groups excluding carboxylic acids is 1. The van der Waals surface area contributed by atoms with Crippen LogP contribution in [0.4, 0.5) is 0 Å². The highest BCUT2D eigenvalue weighted by Crippen LogP contribution is 2.30. The molecular weight excluding hydrogens is 470 g/mol. The Kier molecular flexibility index (Phi) is 6.83. The fourth-order valence-electron chi connectivity index (χ4n) is 3.37. The van der Waals surface area contributed by atoms with E-state index in [9.17, 15) is 13.2 Å². The highest BCUT2D eigenvalue weighted by atomic mass is 35.5. The van der Waals surface area contributed by atoms with Gasteiger partial charge in [0.2, 0.25) is 10.0 Å². The number of fused-ring (bicyclic) bond motifs is 1. The van der Waals surface area contributed by atoms with Crippen LogP contribution >= 0.6 is 22.9 Å². The first kappa shape index (κ1) is 23.1. The molecule has 0 bridgehead atoms. The second kappa shape index (κ2) is 9.44. The molecule has 10 heteroatoms. The smallest absolute Gasteiger partial charge is 0.279 e. The molecule has 1 aliphatic carbocycles. The van der Waals surface area contributed by atoms with Gasteiger partial charge in [-0.15, -0.1) is 0 Å². The molecule has 1 aliphatic rings. The van der Waals surface area contributed by atoms with Gasteiger partial charge in [-0.1, -0.05) is 22.9 Å². The van der Waals surface area contributed by atoms with Gasteiger partial charge >= 0.3 is 0 Å². The molecule has 2 aromatic carbocycles. The molecule has 0 atom stereocenters. The van der Waals surface area contributed by atoms with E-state index in [1.807, 2.05) is 23.6 Å². The van der Waals surface area contributed by atoms with E-state index in [0.717, 1.165) is 23.1 Å². The number of halogens is 1. The Hall–Kier alpha value is -2.04. The summed E-state index contributed by atoms with van der Waals surface area (Å²) in [6.07, 6.45) is 1.77. The quantitative estimate of drug-likeness (QED) is 0.445. The number of nitrogens with zero attached hydrogens (tertiary/aromatic N) is 3. The Morgan fingerprint density at radius 1 is 1.25 bits per heavy atom. The maximum absolute atomic E-state index is 12.9. The lowest BCUT2D eigenvalue weighted by molar-refractivity contribution is 0.0996. The van der Waals surface area contributed by atoms with Crippen molar-refractivity contribution in [3.8, 4) is 0 Å². The Morgan fingerprint density at radius 2 is 1.97 bits per heavy atom. The largest absolute Gasteiger partial charge is 0.380 e. The highest BCUT2D eigenvalue weighted by Gasteiger charge is 2.35. The average Bonchev–Trinajstić information content (AvgIpc) is 3.57. The van der Waals surface area contributed by atoms with Crippen molar-refractivity contribution in [1.29, 1.82) is 0 Å². The molecule has 0 aliphatic heterocycles. The van der Waals surface area contributed by atoms with Gasteiger partial charge in [0.1, 0.15) is 0 Å². The SMILES string of the molecule is CCOCCn1c(=NC(=O)c2ccc(S(=O)(=O)N(C)C3CC3)cc2)sc2cc(Cl)ccc21. The molecule has 3 aromatic rings. The minimum Gasteiger partial charge on any atom is -0.380 e. The average molecular weight is 494 g/mol. The summed E-state index contributed by atoms with van der Waals surface area (Å²) in [6, 6.07) is 11.6. The van der Waals surface area contributed by atoms with Crippen LogP contribution < -0.4 is 4.80 Å². The molecule has 4 rings (SSSR count). The van der Waals surface area contributed by atoms with Crippen molar-refractivity contribution in [3.05, 3.63) is 57.9 Å². The summed E-state index contributed by atoms with van der Waals surface area (Å²) in [5.74, 6) is -0.438. The molecule has 1 fully saturated rings. The van der Waals surface area contributed by atoms with Gasteiger partial charge in [0.15, 0.2) is 4.80 Å². The molecule has 0 N–H and O–H groups in total. The second-order valence-corrected chi connectivity index (χ2v) is 11.0. The number of hydrogen-bond donors (Lipinski definition) is 0. The standard InChI is InChI=1S/C22H24ClN3O4S2/c1-3-30-13-12-26-19-11-6-16(23)14-20(19)31-22(26)24-21(27)15-4-9-18(10-5-15)32(28,29)25(2)17-7-8-17/h4-6,9-11,14,17H,3,7-8,12-13H2,1-2H3. The van der Waals surface area contributed by atoms with E-state index in [2.05, 4.69) is 4.99 Å². The third kappa shape index (κ3) is 4.82. The molecule has 0 saturated heterocycles. The van der Waals surface area contributed by atoms with Gasteiger partial charge in [0.05, 0.1) is 21.7 Å². The summed E-state index contributed by atoms with van der Waals surface area (Å²) < 4.78 is 35.1. The topological polar surface area (TPSA) is 81.0 Å². The van der Waals surface area contributed by atoms with Crippen molar-refractivity contribution in [1.82, 2.24) is 8.87 Å². The lowest BCUT2D eigenvalue weighted by Crippen LogP contribution is -2.28. The Balaban J connectivity index is 1.65. The van der Waals surface area contributed by atoms with Crippen LogP contribution in [0.25, 0.3) is 10.2 Å². The van der Waals surface area contributed by atoms with Crippen LogP contribution in [0.2, 0.25) is 5.02 Å². The number of carbonyl (C=O) groups is 1. The first-order valence-corrected chi connectivity index (χ1v) is 13.0. The first-order valence-electron chi connectivity index (χ1n) is 10.3. The van der Waals surface area contributed by atoms with Gasteiger partial charge in [-0.2, -0.15) is 9.30 Å². The van der Waals surface area contributed by atoms with Crippen LogP contribution in [0.1, 0.15) is 30.1 Å². The van der Waals surface area contributed by atoms with Gasteiger partial charge in [-0.3, -0.25) is 4.79 Å². The maximum Gasteiger partial charge on any atom is 0.279 e. The fourth-order valence-corrected chi connectivity index (χ4v) is 6.12. The second-order valence-electron chi connectivity index (χ2n) is 7.54. The lowest BCUT2D eigenvalue weighted by atomic mass is 10.2. The molecule has 0 radical (unpaired) electrons. The summed E-state index contributed by atoms with van der Waals surface area (Å²) in [6.45, 7) is 3.57. The molecule has 32 heavy (non-hydrogen) atoms. The Morgan fingerprint density at radius 3 is 2.62 bits per heavy atom. The monoisotopic (exact) mass is 493 g/mol.